The summed E-state index contributed by atoms with van der Waals surface area (Å²) in [6.07, 6.45) is -1.57. The molecule has 2 nitrogen and oxygen atoms in total. The largest absolute Gasteiger partial charge is 0.307 e. The molecular formula is C11H19F2NO. The number of halogens is 2. The number of hydrogen-bond donors (Lipinski definition) is 1. The van der Waals surface area contributed by atoms with Crippen LogP contribution in [0.2, 0.25) is 0 Å². The first-order chi connectivity index (χ1) is 6.82. The second-order valence-electron chi connectivity index (χ2n) is 5.24. The minimum absolute atomic E-state index is 0.0350. The van der Waals surface area contributed by atoms with Crippen LogP contribution in [-0.4, -0.2) is 24.8 Å². The Kier molecular flexibility index (Phi) is 3.82. The molecule has 0 aromatic rings. The third-order valence-corrected chi connectivity index (χ3v) is 2.86. The first kappa shape index (κ1) is 12.6. The standard InChI is InChI=1S/C11H19F2NO/c1-11(2,3)9(15)8-6-7(10(12)13)4-5-14-8/h7-8,10,14H,4-6H2,1-3H3. The number of ketones is 1. The molecule has 1 N–H and O–H groups in total. The average Bonchev–Trinajstić information content (AvgIpc) is 2.15. The van der Waals surface area contributed by atoms with Crippen LogP contribution in [0.15, 0.2) is 0 Å². The van der Waals surface area contributed by atoms with E-state index in [1.165, 1.54) is 0 Å². The number of alkyl halides is 2. The lowest BCUT2D eigenvalue weighted by Gasteiger charge is -2.32. The van der Waals surface area contributed by atoms with Crippen LogP contribution in [0.4, 0.5) is 8.78 Å². The van der Waals surface area contributed by atoms with Gasteiger partial charge in [0.25, 0.3) is 0 Å². The van der Waals surface area contributed by atoms with E-state index in [9.17, 15) is 13.6 Å². The first-order valence-corrected chi connectivity index (χ1v) is 5.38. The molecule has 1 fully saturated rings. The van der Waals surface area contributed by atoms with E-state index < -0.39 is 23.8 Å². The fourth-order valence-electron chi connectivity index (χ4n) is 1.90. The quantitative estimate of drug-likeness (QED) is 0.771. The van der Waals surface area contributed by atoms with Gasteiger partial charge in [-0.3, -0.25) is 4.79 Å². The Labute approximate surface area is 89.4 Å². The van der Waals surface area contributed by atoms with Crippen LogP contribution in [0, 0.1) is 11.3 Å². The zero-order valence-corrected chi connectivity index (χ0v) is 9.52. The monoisotopic (exact) mass is 219 g/mol. The molecule has 1 aliphatic rings. The number of carbonyl (C=O) groups excluding carboxylic acids is 1. The topological polar surface area (TPSA) is 29.1 Å². The molecule has 1 saturated heterocycles. The highest BCUT2D eigenvalue weighted by atomic mass is 19.3. The summed E-state index contributed by atoms with van der Waals surface area (Å²) in [5.41, 5.74) is -0.457. The van der Waals surface area contributed by atoms with Crippen LogP contribution in [0.3, 0.4) is 0 Å². The molecule has 0 spiro atoms. The summed E-state index contributed by atoms with van der Waals surface area (Å²) in [4.78, 5) is 11.9. The lowest BCUT2D eigenvalue weighted by Crippen LogP contribution is -2.48. The number of piperidine rings is 1. The van der Waals surface area contributed by atoms with Gasteiger partial charge in [0.15, 0.2) is 5.78 Å². The predicted octanol–water partition coefficient (Wildman–Crippen LogP) is 2.23. The van der Waals surface area contributed by atoms with Crippen molar-refractivity contribution < 1.29 is 13.6 Å². The van der Waals surface area contributed by atoms with Crippen molar-refractivity contribution in [3.8, 4) is 0 Å². The van der Waals surface area contributed by atoms with Gasteiger partial charge in [0, 0.05) is 11.3 Å². The third kappa shape index (κ3) is 3.23. The van der Waals surface area contributed by atoms with Gasteiger partial charge in [-0.25, -0.2) is 8.78 Å². The summed E-state index contributed by atoms with van der Waals surface area (Å²) in [5, 5.41) is 3.03. The molecule has 4 heteroatoms. The van der Waals surface area contributed by atoms with Gasteiger partial charge in [0.2, 0.25) is 6.43 Å². The molecule has 0 bridgehead atoms. The van der Waals surface area contributed by atoms with Crippen LogP contribution >= 0.6 is 0 Å². The Hall–Kier alpha value is -0.510. The lowest BCUT2D eigenvalue weighted by atomic mass is 9.81. The summed E-state index contributed by atoms with van der Waals surface area (Å²) in [5.74, 6) is -0.588. The highest BCUT2D eigenvalue weighted by Crippen LogP contribution is 2.27. The smallest absolute Gasteiger partial charge is 0.241 e. The highest BCUT2D eigenvalue weighted by molar-refractivity contribution is 5.88. The Bertz CT molecular complexity index is 235. The van der Waals surface area contributed by atoms with Gasteiger partial charge in [-0.15, -0.1) is 0 Å². The van der Waals surface area contributed by atoms with Crippen LogP contribution in [0.1, 0.15) is 33.6 Å². The van der Waals surface area contributed by atoms with Crippen LogP contribution in [0.5, 0.6) is 0 Å². The number of Topliss-reactive ketones (excluding diaryl/α,β-unsaturated/α-hetero) is 1. The Morgan fingerprint density at radius 1 is 1.40 bits per heavy atom. The molecule has 1 heterocycles. The molecule has 0 radical (unpaired) electrons. The Morgan fingerprint density at radius 3 is 2.47 bits per heavy atom. The summed E-state index contributed by atoms with van der Waals surface area (Å²) in [6.45, 7) is 5.98. The molecule has 15 heavy (non-hydrogen) atoms. The van der Waals surface area contributed by atoms with Gasteiger partial charge in [0.05, 0.1) is 6.04 Å². The summed E-state index contributed by atoms with van der Waals surface area (Å²) < 4.78 is 25.0. The molecule has 2 unspecified atom stereocenters. The summed E-state index contributed by atoms with van der Waals surface area (Å²) in [7, 11) is 0. The van der Waals surface area contributed by atoms with E-state index in [1.54, 1.807) is 0 Å². The van der Waals surface area contributed by atoms with Crippen LogP contribution in [-0.2, 0) is 4.79 Å². The van der Waals surface area contributed by atoms with Gasteiger partial charge < -0.3 is 5.32 Å². The first-order valence-electron chi connectivity index (χ1n) is 5.38. The molecule has 88 valence electrons. The predicted molar refractivity (Wildman–Crippen MR) is 55.0 cm³/mol. The number of carbonyl (C=O) groups is 1. The minimum atomic E-state index is -2.30. The van der Waals surface area contributed by atoms with Crippen molar-refractivity contribution in [1.82, 2.24) is 5.32 Å². The highest BCUT2D eigenvalue weighted by Gasteiger charge is 2.35. The average molecular weight is 219 g/mol. The van der Waals surface area contributed by atoms with Gasteiger partial charge >= 0.3 is 0 Å². The normalized spacial score (nSPS) is 28.1. The van der Waals surface area contributed by atoms with Gasteiger partial charge in [-0.1, -0.05) is 20.8 Å². The third-order valence-electron chi connectivity index (χ3n) is 2.86. The summed E-state index contributed by atoms with van der Waals surface area (Å²) >= 11 is 0. The molecule has 0 aliphatic carbocycles. The van der Waals surface area contributed by atoms with E-state index >= 15 is 0 Å². The number of rotatable bonds is 2. The van der Waals surface area contributed by atoms with Gasteiger partial charge in [-0.05, 0) is 19.4 Å². The number of hydrogen-bond acceptors (Lipinski definition) is 2. The Balaban J connectivity index is 2.60. The fourth-order valence-corrected chi connectivity index (χ4v) is 1.90. The molecule has 0 amide bonds. The van der Waals surface area contributed by atoms with Crippen molar-refractivity contribution in [3.05, 3.63) is 0 Å². The van der Waals surface area contributed by atoms with E-state index in [0.29, 0.717) is 13.0 Å². The van der Waals surface area contributed by atoms with Crippen molar-refractivity contribution >= 4 is 5.78 Å². The van der Waals surface area contributed by atoms with Crippen molar-refractivity contribution in [1.29, 1.82) is 0 Å². The minimum Gasteiger partial charge on any atom is -0.307 e. The Morgan fingerprint density at radius 2 is 2.00 bits per heavy atom. The molecule has 1 aliphatic heterocycles. The van der Waals surface area contributed by atoms with Crippen LogP contribution < -0.4 is 5.32 Å². The van der Waals surface area contributed by atoms with Crippen LogP contribution in [0.25, 0.3) is 0 Å². The van der Waals surface area contributed by atoms with Crippen molar-refractivity contribution in [3.63, 3.8) is 0 Å². The summed E-state index contributed by atoms with van der Waals surface area (Å²) in [6, 6.07) is -0.391. The van der Waals surface area contributed by atoms with E-state index in [2.05, 4.69) is 5.32 Å². The zero-order chi connectivity index (χ0) is 11.6. The van der Waals surface area contributed by atoms with Crippen molar-refractivity contribution in [2.75, 3.05) is 6.54 Å². The molecule has 1 rings (SSSR count). The maximum Gasteiger partial charge on any atom is 0.241 e. The van der Waals surface area contributed by atoms with Crippen molar-refractivity contribution in [2.45, 2.75) is 46.1 Å². The van der Waals surface area contributed by atoms with E-state index in [-0.39, 0.29) is 12.2 Å². The van der Waals surface area contributed by atoms with Gasteiger partial charge in [0.1, 0.15) is 0 Å². The molecule has 0 saturated carbocycles. The molecule has 0 aromatic heterocycles. The lowest BCUT2D eigenvalue weighted by molar-refractivity contribution is -0.130. The van der Waals surface area contributed by atoms with E-state index in [4.69, 9.17) is 0 Å². The van der Waals surface area contributed by atoms with E-state index in [0.717, 1.165) is 0 Å². The molecule has 2 atom stereocenters. The molecular weight excluding hydrogens is 200 g/mol. The maximum atomic E-state index is 12.5. The van der Waals surface area contributed by atoms with Crippen molar-refractivity contribution in [2.24, 2.45) is 11.3 Å². The van der Waals surface area contributed by atoms with E-state index in [1.807, 2.05) is 20.8 Å². The maximum absolute atomic E-state index is 12.5. The second-order valence-corrected chi connectivity index (χ2v) is 5.24. The fraction of sp³-hybridized carbons (Fsp3) is 0.909. The SMILES string of the molecule is CC(C)(C)C(=O)C1CC(C(F)F)CCN1. The second kappa shape index (κ2) is 4.56. The molecule has 0 aromatic carbocycles. The number of nitrogens with one attached hydrogen (secondary N) is 1. The van der Waals surface area contributed by atoms with Gasteiger partial charge in [-0.2, -0.15) is 0 Å². The zero-order valence-electron chi connectivity index (χ0n) is 9.52.